The van der Waals surface area contributed by atoms with Crippen molar-refractivity contribution in [3.8, 4) is 10.7 Å². The van der Waals surface area contributed by atoms with Crippen LogP contribution in [0.1, 0.15) is 5.82 Å². The fourth-order valence-corrected chi connectivity index (χ4v) is 4.63. The van der Waals surface area contributed by atoms with Crippen LogP contribution >= 0.6 is 11.3 Å². The summed E-state index contributed by atoms with van der Waals surface area (Å²) >= 11 is 1.53. The first-order chi connectivity index (χ1) is 12.4. The third kappa shape index (κ3) is 2.60. The monoisotopic (exact) mass is 387 g/mol. The molecule has 0 radical (unpaired) electrons. The van der Waals surface area contributed by atoms with Gasteiger partial charge < -0.3 is 9.55 Å². The minimum absolute atomic E-state index is 0.0312. The molecule has 3 heterocycles. The Hall–Kier alpha value is -2.65. The van der Waals surface area contributed by atoms with E-state index in [9.17, 15) is 8.42 Å². The molecule has 134 valence electrons. The number of aromatic amines is 1. The van der Waals surface area contributed by atoms with Gasteiger partial charge in [0.15, 0.2) is 5.03 Å². The van der Waals surface area contributed by atoms with Crippen LogP contribution in [0.25, 0.3) is 21.6 Å². The van der Waals surface area contributed by atoms with Crippen LogP contribution in [0.3, 0.4) is 0 Å². The first-order valence-electron chi connectivity index (χ1n) is 7.88. The Morgan fingerprint density at radius 2 is 2.12 bits per heavy atom. The predicted molar refractivity (Wildman–Crippen MR) is 103 cm³/mol. The number of nitrogens with one attached hydrogen (secondary N) is 1. The summed E-state index contributed by atoms with van der Waals surface area (Å²) in [6.07, 6.45) is 3.27. The largest absolute Gasteiger partial charge is 0.351 e. The Kier molecular flexibility index (Phi) is 3.85. The van der Waals surface area contributed by atoms with Crippen molar-refractivity contribution in [2.24, 2.45) is 7.05 Å². The van der Waals surface area contributed by atoms with Gasteiger partial charge in [-0.3, -0.25) is 4.31 Å². The van der Waals surface area contributed by atoms with Crippen LogP contribution in [0.2, 0.25) is 0 Å². The number of benzene rings is 1. The number of thiazole rings is 1. The van der Waals surface area contributed by atoms with Crippen LogP contribution in [0.4, 0.5) is 5.69 Å². The fourth-order valence-electron chi connectivity index (χ4n) is 2.79. The molecule has 1 aromatic carbocycles. The number of hydrogen-bond donors (Lipinski definition) is 1. The van der Waals surface area contributed by atoms with Crippen LogP contribution in [-0.4, -0.2) is 35.0 Å². The van der Waals surface area contributed by atoms with Gasteiger partial charge in [-0.1, -0.05) is 12.1 Å². The van der Waals surface area contributed by atoms with E-state index in [0.717, 1.165) is 21.6 Å². The zero-order chi connectivity index (χ0) is 18.5. The number of anilines is 1. The smallest absolute Gasteiger partial charge is 0.283 e. The molecule has 0 aliphatic rings. The van der Waals surface area contributed by atoms with Crippen LogP contribution in [0, 0.1) is 6.92 Å². The van der Waals surface area contributed by atoms with Crippen molar-refractivity contribution in [3.05, 3.63) is 47.9 Å². The van der Waals surface area contributed by atoms with Gasteiger partial charge in [-0.2, -0.15) is 8.42 Å². The van der Waals surface area contributed by atoms with Gasteiger partial charge >= 0.3 is 0 Å². The highest BCUT2D eigenvalue weighted by Crippen LogP contribution is 2.33. The van der Waals surface area contributed by atoms with Crippen molar-refractivity contribution < 1.29 is 8.42 Å². The van der Waals surface area contributed by atoms with E-state index in [1.165, 1.54) is 28.9 Å². The summed E-state index contributed by atoms with van der Waals surface area (Å²) in [5.41, 5.74) is 2.17. The second kappa shape index (κ2) is 5.96. The number of sulfonamides is 1. The zero-order valence-corrected chi connectivity index (χ0v) is 16.1. The number of imidazole rings is 1. The van der Waals surface area contributed by atoms with Crippen molar-refractivity contribution in [1.29, 1.82) is 0 Å². The van der Waals surface area contributed by atoms with Gasteiger partial charge in [0, 0.05) is 37.3 Å². The first kappa shape index (κ1) is 16.8. The standard InChI is InChI=1S/C17H17N5O2S2/c1-11-19-15(10-21(11)2)26(23,24)22(3)14-6-4-5-12-9-13(20-16(12)14)17-18-7-8-25-17/h4-10,20H,1-3H3. The minimum atomic E-state index is -3.76. The van der Waals surface area contributed by atoms with Crippen LogP contribution in [0.15, 0.2) is 47.1 Å². The maximum atomic E-state index is 13.0. The molecule has 0 fully saturated rings. The number of aromatic nitrogens is 4. The molecule has 0 aliphatic heterocycles. The average molecular weight is 387 g/mol. The lowest BCUT2D eigenvalue weighted by molar-refractivity contribution is 0.591. The molecule has 0 aliphatic carbocycles. The molecule has 0 spiro atoms. The highest BCUT2D eigenvalue weighted by atomic mass is 32.2. The molecule has 4 aromatic rings. The van der Waals surface area contributed by atoms with E-state index in [-0.39, 0.29) is 5.03 Å². The number of fused-ring (bicyclic) bond motifs is 1. The quantitative estimate of drug-likeness (QED) is 0.583. The van der Waals surface area contributed by atoms with Crippen LogP contribution < -0.4 is 4.31 Å². The number of rotatable bonds is 4. The van der Waals surface area contributed by atoms with Crippen molar-refractivity contribution in [2.45, 2.75) is 11.9 Å². The van der Waals surface area contributed by atoms with E-state index in [2.05, 4.69) is 15.0 Å². The summed E-state index contributed by atoms with van der Waals surface area (Å²) in [5.74, 6) is 0.640. The van der Waals surface area contributed by atoms with Gasteiger partial charge in [0.1, 0.15) is 10.8 Å². The van der Waals surface area contributed by atoms with E-state index >= 15 is 0 Å². The average Bonchev–Trinajstić information content (AvgIpc) is 3.33. The molecule has 0 unspecified atom stereocenters. The number of H-pyrrole nitrogens is 1. The predicted octanol–water partition coefficient (Wildman–Crippen LogP) is 3.16. The molecule has 0 atom stereocenters. The summed E-state index contributed by atoms with van der Waals surface area (Å²) < 4.78 is 29.0. The molecule has 1 N–H and O–H groups in total. The normalized spacial score (nSPS) is 12.0. The van der Waals surface area contributed by atoms with Crippen molar-refractivity contribution in [2.75, 3.05) is 11.4 Å². The third-order valence-corrected chi connectivity index (χ3v) is 6.80. The highest BCUT2D eigenvalue weighted by molar-refractivity contribution is 7.92. The van der Waals surface area contributed by atoms with E-state index in [1.807, 2.05) is 23.6 Å². The molecule has 26 heavy (non-hydrogen) atoms. The zero-order valence-electron chi connectivity index (χ0n) is 14.5. The minimum Gasteiger partial charge on any atom is -0.351 e. The number of hydrogen-bond acceptors (Lipinski definition) is 5. The number of nitrogens with zero attached hydrogens (tertiary/aromatic N) is 4. The summed E-state index contributed by atoms with van der Waals surface area (Å²) in [6, 6.07) is 7.53. The Bertz CT molecular complexity index is 1170. The van der Waals surface area contributed by atoms with E-state index in [0.29, 0.717) is 11.5 Å². The highest BCUT2D eigenvalue weighted by Gasteiger charge is 2.26. The SMILES string of the molecule is Cc1nc(S(=O)(=O)N(C)c2cccc3cc(-c4nccs4)[nH]c23)cn1C. The van der Waals surface area contributed by atoms with Crippen molar-refractivity contribution in [3.63, 3.8) is 0 Å². The molecular weight excluding hydrogens is 370 g/mol. The van der Waals surface area contributed by atoms with E-state index in [1.54, 1.807) is 30.8 Å². The van der Waals surface area contributed by atoms with Gasteiger partial charge in [0.25, 0.3) is 10.0 Å². The topological polar surface area (TPSA) is 83.9 Å². The van der Waals surface area contributed by atoms with E-state index < -0.39 is 10.0 Å². The Morgan fingerprint density at radius 1 is 1.31 bits per heavy atom. The summed E-state index contributed by atoms with van der Waals surface area (Å²) in [6.45, 7) is 1.77. The van der Waals surface area contributed by atoms with Gasteiger partial charge in [-0.15, -0.1) is 11.3 Å². The van der Waals surface area contributed by atoms with E-state index in [4.69, 9.17) is 0 Å². The Morgan fingerprint density at radius 3 is 2.77 bits per heavy atom. The van der Waals surface area contributed by atoms with Crippen molar-refractivity contribution in [1.82, 2.24) is 19.5 Å². The first-order valence-corrected chi connectivity index (χ1v) is 10.2. The molecule has 0 saturated heterocycles. The Labute approximate surface area is 155 Å². The second-order valence-corrected chi connectivity index (χ2v) is 8.78. The molecule has 3 aromatic heterocycles. The molecular formula is C17H17N5O2S2. The van der Waals surface area contributed by atoms with Gasteiger partial charge in [0.2, 0.25) is 0 Å². The van der Waals surface area contributed by atoms with Gasteiger partial charge in [-0.05, 0) is 19.1 Å². The van der Waals surface area contributed by atoms with Crippen molar-refractivity contribution >= 4 is 38.0 Å². The Balaban J connectivity index is 1.83. The third-order valence-electron chi connectivity index (χ3n) is 4.35. The second-order valence-electron chi connectivity index (χ2n) is 5.97. The molecule has 0 bridgehead atoms. The lowest BCUT2D eigenvalue weighted by Gasteiger charge is -2.18. The lowest BCUT2D eigenvalue weighted by atomic mass is 10.2. The summed E-state index contributed by atoms with van der Waals surface area (Å²) in [5, 5.41) is 3.72. The van der Waals surface area contributed by atoms with Gasteiger partial charge in [-0.25, -0.2) is 9.97 Å². The number of aryl methyl sites for hydroxylation is 2. The molecule has 9 heteroatoms. The molecule has 4 rings (SSSR count). The fraction of sp³-hybridized carbons (Fsp3) is 0.176. The lowest BCUT2D eigenvalue weighted by Crippen LogP contribution is -2.27. The molecule has 7 nitrogen and oxygen atoms in total. The summed E-state index contributed by atoms with van der Waals surface area (Å²) in [4.78, 5) is 11.8. The molecule has 0 amide bonds. The molecule has 0 saturated carbocycles. The van der Waals surface area contributed by atoms with Gasteiger partial charge in [0.05, 0.1) is 16.9 Å². The van der Waals surface area contributed by atoms with Crippen LogP contribution in [-0.2, 0) is 17.1 Å². The van der Waals surface area contributed by atoms with Crippen LogP contribution in [0.5, 0.6) is 0 Å². The maximum absolute atomic E-state index is 13.0. The number of para-hydroxylation sites is 1. The maximum Gasteiger partial charge on any atom is 0.283 e. The summed E-state index contributed by atoms with van der Waals surface area (Å²) in [7, 11) is -0.450.